The maximum Gasteiger partial charge on any atom is 0.193 e. The molecule has 0 atom stereocenters. The van der Waals surface area contributed by atoms with Crippen molar-refractivity contribution in [1.82, 2.24) is 15.2 Å². The van der Waals surface area contributed by atoms with Gasteiger partial charge in [0, 0.05) is 53.0 Å². The van der Waals surface area contributed by atoms with Gasteiger partial charge in [-0.25, -0.2) is 4.98 Å². The van der Waals surface area contributed by atoms with Gasteiger partial charge < -0.3 is 19.9 Å². The first-order chi connectivity index (χ1) is 12.0. The zero-order valence-corrected chi connectivity index (χ0v) is 18.4. The molecular weight excluding hydrogens is 441 g/mol. The Hall–Kier alpha value is -2.03. The van der Waals surface area contributed by atoms with E-state index in [1.165, 1.54) is 5.56 Å². The van der Waals surface area contributed by atoms with Gasteiger partial charge in [-0.2, -0.15) is 0 Å². The lowest BCUT2D eigenvalue weighted by Gasteiger charge is -2.23. The molecule has 0 spiro atoms. The number of ether oxygens (including phenoxy) is 1. The standard InChI is InChI=1S/C19H27N5O.HI/c1-20-19(22-13-16-7-6-12-21-18(16)23(2)3)24(4)14-15-8-10-17(25-5)11-9-15;/h6-12H,13-14H2,1-5H3,(H,20,22);1H. The van der Waals surface area contributed by atoms with Crippen molar-refractivity contribution in [2.45, 2.75) is 13.1 Å². The molecule has 0 bridgehead atoms. The fourth-order valence-corrected chi connectivity index (χ4v) is 2.61. The van der Waals surface area contributed by atoms with E-state index < -0.39 is 0 Å². The minimum atomic E-state index is 0. The van der Waals surface area contributed by atoms with Crippen LogP contribution in [0, 0.1) is 0 Å². The minimum absolute atomic E-state index is 0. The monoisotopic (exact) mass is 469 g/mol. The average molecular weight is 469 g/mol. The van der Waals surface area contributed by atoms with Crippen molar-refractivity contribution in [3.05, 3.63) is 53.7 Å². The molecule has 0 aliphatic carbocycles. The molecular formula is C19H28IN5O. The number of methoxy groups -OCH3 is 1. The largest absolute Gasteiger partial charge is 0.497 e. The molecule has 6 nitrogen and oxygen atoms in total. The van der Waals surface area contributed by atoms with E-state index in [0.717, 1.165) is 29.6 Å². The van der Waals surface area contributed by atoms with Gasteiger partial charge in [-0.15, -0.1) is 24.0 Å². The van der Waals surface area contributed by atoms with E-state index in [9.17, 15) is 0 Å². The molecule has 0 amide bonds. The summed E-state index contributed by atoms with van der Waals surface area (Å²) in [5.74, 6) is 2.66. The van der Waals surface area contributed by atoms with Crippen molar-refractivity contribution in [1.29, 1.82) is 0 Å². The number of hydrogen-bond acceptors (Lipinski definition) is 4. The van der Waals surface area contributed by atoms with Crippen molar-refractivity contribution in [3.8, 4) is 5.75 Å². The molecule has 1 N–H and O–H groups in total. The first kappa shape index (κ1) is 22.0. The van der Waals surface area contributed by atoms with Crippen molar-refractivity contribution in [3.63, 3.8) is 0 Å². The Kier molecular flexibility index (Phi) is 9.18. The van der Waals surface area contributed by atoms with Gasteiger partial charge in [-0.05, 0) is 23.8 Å². The van der Waals surface area contributed by atoms with Gasteiger partial charge in [-0.3, -0.25) is 4.99 Å². The highest BCUT2D eigenvalue weighted by molar-refractivity contribution is 14.0. The third-order valence-electron chi connectivity index (χ3n) is 3.88. The van der Waals surface area contributed by atoms with Gasteiger partial charge in [0.1, 0.15) is 11.6 Å². The van der Waals surface area contributed by atoms with Crippen LogP contribution in [0.2, 0.25) is 0 Å². The predicted octanol–water partition coefficient (Wildman–Crippen LogP) is 2.98. The fourth-order valence-electron chi connectivity index (χ4n) is 2.61. The Labute approximate surface area is 173 Å². The number of benzene rings is 1. The molecule has 0 saturated heterocycles. The molecule has 26 heavy (non-hydrogen) atoms. The number of aromatic nitrogens is 1. The molecule has 2 rings (SSSR count). The van der Waals surface area contributed by atoms with E-state index in [-0.39, 0.29) is 24.0 Å². The van der Waals surface area contributed by atoms with Crippen molar-refractivity contribution in [2.24, 2.45) is 4.99 Å². The summed E-state index contributed by atoms with van der Waals surface area (Å²) in [6, 6.07) is 12.1. The van der Waals surface area contributed by atoms with Crippen molar-refractivity contribution >= 4 is 35.8 Å². The molecule has 142 valence electrons. The molecule has 1 aromatic carbocycles. The maximum atomic E-state index is 5.20. The van der Waals surface area contributed by atoms with Crippen LogP contribution in [0.5, 0.6) is 5.75 Å². The van der Waals surface area contributed by atoms with E-state index >= 15 is 0 Å². The summed E-state index contributed by atoms with van der Waals surface area (Å²) in [6.07, 6.45) is 1.81. The van der Waals surface area contributed by atoms with Crippen LogP contribution in [0.25, 0.3) is 0 Å². The van der Waals surface area contributed by atoms with E-state index in [1.54, 1.807) is 14.2 Å². The van der Waals surface area contributed by atoms with Gasteiger partial charge in [0.15, 0.2) is 5.96 Å². The number of halogens is 1. The van der Waals surface area contributed by atoms with Gasteiger partial charge in [-0.1, -0.05) is 18.2 Å². The first-order valence-corrected chi connectivity index (χ1v) is 8.21. The summed E-state index contributed by atoms with van der Waals surface area (Å²) in [6.45, 7) is 1.43. The number of anilines is 1. The molecule has 1 heterocycles. The Morgan fingerprint density at radius 2 is 1.85 bits per heavy atom. The number of pyridine rings is 1. The Morgan fingerprint density at radius 1 is 1.15 bits per heavy atom. The molecule has 1 aromatic heterocycles. The van der Waals surface area contributed by atoms with Gasteiger partial charge >= 0.3 is 0 Å². The third kappa shape index (κ3) is 6.05. The minimum Gasteiger partial charge on any atom is -0.497 e. The highest BCUT2D eigenvalue weighted by Crippen LogP contribution is 2.15. The third-order valence-corrected chi connectivity index (χ3v) is 3.88. The second-order valence-electron chi connectivity index (χ2n) is 5.99. The number of nitrogens with zero attached hydrogens (tertiary/aromatic N) is 4. The predicted molar refractivity (Wildman–Crippen MR) is 119 cm³/mol. The van der Waals surface area contributed by atoms with Crippen LogP contribution in [0.4, 0.5) is 5.82 Å². The molecule has 0 fully saturated rings. The number of aliphatic imine (C=N–C) groups is 1. The van der Waals surface area contributed by atoms with E-state index in [2.05, 4.69) is 38.4 Å². The molecule has 0 aliphatic heterocycles. The summed E-state index contributed by atoms with van der Waals surface area (Å²) >= 11 is 0. The lowest BCUT2D eigenvalue weighted by molar-refractivity contribution is 0.414. The zero-order chi connectivity index (χ0) is 18.2. The van der Waals surface area contributed by atoms with E-state index in [4.69, 9.17) is 4.74 Å². The van der Waals surface area contributed by atoms with Crippen LogP contribution in [0.3, 0.4) is 0 Å². The Bertz CT molecular complexity index is 703. The number of guanidine groups is 1. The Morgan fingerprint density at radius 3 is 2.42 bits per heavy atom. The summed E-state index contributed by atoms with van der Waals surface area (Å²) in [4.78, 5) is 12.9. The van der Waals surface area contributed by atoms with E-state index in [0.29, 0.717) is 6.54 Å². The zero-order valence-electron chi connectivity index (χ0n) is 16.1. The lowest BCUT2D eigenvalue weighted by atomic mass is 10.2. The van der Waals surface area contributed by atoms with Crippen molar-refractivity contribution < 1.29 is 4.74 Å². The summed E-state index contributed by atoms with van der Waals surface area (Å²) in [5.41, 5.74) is 2.33. The second kappa shape index (κ2) is 10.8. The Balaban J connectivity index is 0.00000338. The summed E-state index contributed by atoms with van der Waals surface area (Å²) < 4.78 is 5.20. The molecule has 0 saturated carbocycles. The van der Waals surface area contributed by atoms with E-state index in [1.807, 2.05) is 50.4 Å². The van der Waals surface area contributed by atoms with Gasteiger partial charge in [0.05, 0.1) is 7.11 Å². The summed E-state index contributed by atoms with van der Waals surface area (Å²) in [7, 11) is 9.48. The lowest BCUT2D eigenvalue weighted by Crippen LogP contribution is -2.38. The number of nitrogens with one attached hydrogen (secondary N) is 1. The summed E-state index contributed by atoms with van der Waals surface area (Å²) in [5, 5.41) is 3.41. The highest BCUT2D eigenvalue weighted by atomic mass is 127. The van der Waals surface area contributed by atoms with Crippen LogP contribution in [0.15, 0.2) is 47.6 Å². The maximum absolute atomic E-state index is 5.20. The van der Waals surface area contributed by atoms with Crippen molar-refractivity contribution in [2.75, 3.05) is 40.2 Å². The number of hydrogen-bond donors (Lipinski definition) is 1. The van der Waals surface area contributed by atoms with Crippen LogP contribution in [-0.2, 0) is 13.1 Å². The number of rotatable bonds is 6. The SMILES string of the molecule is CN=C(NCc1cccnc1N(C)C)N(C)Cc1ccc(OC)cc1.I. The molecule has 0 unspecified atom stereocenters. The normalized spacial score (nSPS) is 10.7. The van der Waals surface area contributed by atoms with Crippen LogP contribution in [0.1, 0.15) is 11.1 Å². The van der Waals surface area contributed by atoms with Gasteiger partial charge in [0.25, 0.3) is 0 Å². The van der Waals surface area contributed by atoms with Crippen LogP contribution >= 0.6 is 24.0 Å². The highest BCUT2D eigenvalue weighted by Gasteiger charge is 2.10. The molecule has 2 aromatic rings. The molecule has 7 heteroatoms. The molecule has 0 radical (unpaired) electrons. The smallest absolute Gasteiger partial charge is 0.193 e. The molecule has 0 aliphatic rings. The van der Waals surface area contributed by atoms with Gasteiger partial charge in [0.2, 0.25) is 0 Å². The fraction of sp³-hybridized carbons (Fsp3) is 0.368. The van der Waals surface area contributed by atoms with Crippen LogP contribution < -0.4 is 15.0 Å². The second-order valence-corrected chi connectivity index (χ2v) is 5.99. The van der Waals surface area contributed by atoms with Crippen LogP contribution in [-0.4, -0.2) is 51.1 Å². The average Bonchev–Trinajstić information content (AvgIpc) is 2.63. The topological polar surface area (TPSA) is 53.0 Å². The first-order valence-electron chi connectivity index (χ1n) is 8.21. The quantitative estimate of drug-likeness (QED) is 0.401.